The Morgan fingerprint density at radius 3 is 2.61 bits per heavy atom. The molecule has 4 nitrogen and oxygen atoms in total. The van der Waals surface area contributed by atoms with E-state index in [-0.39, 0.29) is 0 Å². The van der Waals surface area contributed by atoms with Crippen LogP contribution in [0.3, 0.4) is 0 Å². The zero-order valence-corrected chi connectivity index (χ0v) is 14.2. The van der Waals surface area contributed by atoms with Crippen LogP contribution in [0.2, 0.25) is 0 Å². The van der Waals surface area contributed by atoms with Crippen molar-refractivity contribution < 1.29 is 4.74 Å². The van der Waals surface area contributed by atoms with E-state index in [1.165, 1.54) is 11.1 Å². The summed E-state index contributed by atoms with van der Waals surface area (Å²) in [4.78, 5) is 0. The van der Waals surface area contributed by atoms with Crippen LogP contribution in [-0.4, -0.2) is 17.9 Å². The van der Waals surface area contributed by atoms with Crippen LogP contribution in [0.5, 0.6) is 5.75 Å². The van der Waals surface area contributed by atoms with Crippen molar-refractivity contribution in [1.82, 2.24) is 10.7 Å². The van der Waals surface area contributed by atoms with Crippen LogP contribution >= 0.6 is 12.2 Å². The molecule has 2 aromatic rings. The van der Waals surface area contributed by atoms with E-state index in [1.54, 1.807) is 6.21 Å². The van der Waals surface area contributed by atoms with Gasteiger partial charge in [0.05, 0.1) is 6.21 Å². The van der Waals surface area contributed by atoms with E-state index in [0.29, 0.717) is 11.7 Å². The molecule has 0 unspecified atom stereocenters. The summed E-state index contributed by atoms with van der Waals surface area (Å²) in [6.07, 6.45) is 1.72. The topological polar surface area (TPSA) is 45.7 Å². The van der Waals surface area contributed by atoms with Crippen molar-refractivity contribution in [3.63, 3.8) is 0 Å². The largest absolute Gasteiger partial charge is 0.489 e. The van der Waals surface area contributed by atoms with E-state index in [1.807, 2.05) is 43.3 Å². The highest BCUT2D eigenvalue weighted by Crippen LogP contribution is 2.15. The Morgan fingerprint density at radius 1 is 1.17 bits per heavy atom. The van der Waals surface area contributed by atoms with E-state index in [9.17, 15) is 0 Å². The summed E-state index contributed by atoms with van der Waals surface area (Å²) >= 11 is 5.02. The average molecular weight is 327 g/mol. The van der Waals surface area contributed by atoms with E-state index in [4.69, 9.17) is 17.0 Å². The number of benzene rings is 2. The molecule has 0 aliphatic heterocycles. The predicted molar refractivity (Wildman–Crippen MR) is 99.0 cm³/mol. The van der Waals surface area contributed by atoms with Gasteiger partial charge in [-0.05, 0) is 67.0 Å². The highest BCUT2D eigenvalue weighted by atomic mass is 32.1. The third kappa shape index (κ3) is 5.71. The van der Waals surface area contributed by atoms with Gasteiger partial charge in [-0.25, -0.2) is 0 Å². The second kappa shape index (κ2) is 8.90. The number of hydrogen-bond donors (Lipinski definition) is 2. The minimum atomic E-state index is 0.516. The summed E-state index contributed by atoms with van der Waals surface area (Å²) in [5, 5.41) is 7.56. The van der Waals surface area contributed by atoms with Gasteiger partial charge in [-0.3, -0.25) is 5.43 Å². The first-order chi connectivity index (χ1) is 11.2. The molecule has 0 amide bonds. The molecule has 0 aromatic heterocycles. The number of thiocarbonyl (C=S) groups is 1. The molecule has 0 fully saturated rings. The molecule has 0 saturated carbocycles. The Balaban J connectivity index is 1.86. The molecule has 2 rings (SSSR count). The first kappa shape index (κ1) is 17.0. The predicted octanol–water partition coefficient (Wildman–Crippen LogP) is 3.39. The molecule has 2 N–H and O–H groups in total. The fourth-order valence-corrected chi connectivity index (χ4v) is 2.15. The summed E-state index contributed by atoms with van der Waals surface area (Å²) in [5.74, 6) is 0.835. The van der Waals surface area contributed by atoms with Crippen LogP contribution in [0.4, 0.5) is 0 Å². The number of hydrogen-bond acceptors (Lipinski definition) is 3. The highest BCUT2D eigenvalue weighted by Gasteiger charge is 1.99. The van der Waals surface area contributed by atoms with E-state index < -0.39 is 0 Å². The minimum Gasteiger partial charge on any atom is -0.489 e. The Morgan fingerprint density at radius 2 is 1.91 bits per heavy atom. The van der Waals surface area contributed by atoms with E-state index in [2.05, 4.69) is 34.9 Å². The molecule has 0 saturated heterocycles. The third-order valence-electron chi connectivity index (χ3n) is 3.25. The SMILES string of the molecule is CCNC(=S)N/N=C/c1ccc(OCc2ccccc2C)cc1. The fourth-order valence-electron chi connectivity index (χ4n) is 1.95. The molecule has 5 heteroatoms. The first-order valence-electron chi connectivity index (χ1n) is 7.53. The molecule has 23 heavy (non-hydrogen) atoms. The monoisotopic (exact) mass is 327 g/mol. The summed E-state index contributed by atoms with van der Waals surface area (Å²) in [6.45, 7) is 5.41. The van der Waals surface area contributed by atoms with Crippen molar-refractivity contribution in [2.75, 3.05) is 6.54 Å². The molecule has 120 valence electrons. The van der Waals surface area contributed by atoms with Crippen LogP contribution in [0.15, 0.2) is 53.6 Å². The molecular weight excluding hydrogens is 306 g/mol. The smallest absolute Gasteiger partial charge is 0.186 e. The quantitative estimate of drug-likeness (QED) is 0.485. The van der Waals surface area contributed by atoms with Crippen LogP contribution in [0.25, 0.3) is 0 Å². The van der Waals surface area contributed by atoms with Crippen LogP contribution < -0.4 is 15.5 Å². The lowest BCUT2D eigenvalue weighted by Gasteiger charge is -2.08. The van der Waals surface area contributed by atoms with Crippen molar-refractivity contribution in [3.8, 4) is 5.75 Å². The number of rotatable bonds is 6. The molecule has 0 aliphatic carbocycles. The second-order valence-corrected chi connectivity index (χ2v) is 5.42. The van der Waals surface area contributed by atoms with E-state index in [0.717, 1.165) is 17.9 Å². The zero-order valence-electron chi connectivity index (χ0n) is 13.4. The van der Waals surface area contributed by atoms with Crippen molar-refractivity contribution in [2.24, 2.45) is 5.10 Å². The maximum Gasteiger partial charge on any atom is 0.186 e. The van der Waals surface area contributed by atoms with Gasteiger partial charge >= 0.3 is 0 Å². The normalized spacial score (nSPS) is 10.5. The zero-order chi connectivity index (χ0) is 16.5. The van der Waals surface area contributed by atoms with Crippen molar-refractivity contribution in [1.29, 1.82) is 0 Å². The first-order valence-corrected chi connectivity index (χ1v) is 7.94. The summed E-state index contributed by atoms with van der Waals surface area (Å²) in [5.41, 5.74) is 6.16. The molecule has 0 heterocycles. The third-order valence-corrected chi connectivity index (χ3v) is 3.49. The Bertz CT molecular complexity index is 668. The highest BCUT2D eigenvalue weighted by molar-refractivity contribution is 7.80. The number of nitrogens with zero attached hydrogens (tertiary/aromatic N) is 1. The van der Waals surface area contributed by atoms with Gasteiger partial charge in [0.2, 0.25) is 0 Å². The molecular formula is C18H21N3OS. The Hall–Kier alpha value is -2.40. The minimum absolute atomic E-state index is 0.516. The fraction of sp³-hybridized carbons (Fsp3) is 0.222. The Kier molecular flexibility index (Phi) is 6.56. The van der Waals surface area contributed by atoms with Gasteiger partial charge in [-0.1, -0.05) is 24.3 Å². The van der Waals surface area contributed by atoms with Gasteiger partial charge in [-0.2, -0.15) is 5.10 Å². The van der Waals surface area contributed by atoms with Crippen molar-refractivity contribution >= 4 is 23.5 Å². The standard InChI is InChI=1S/C18H21N3OS/c1-3-19-18(23)21-20-12-15-8-10-17(11-9-15)22-13-16-7-5-4-6-14(16)2/h4-12H,3,13H2,1-2H3,(H2,19,21,23)/b20-12+. The van der Waals surface area contributed by atoms with Gasteiger partial charge < -0.3 is 10.1 Å². The van der Waals surface area contributed by atoms with Gasteiger partial charge in [0.25, 0.3) is 0 Å². The lowest BCUT2D eigenvalue weighted by Crippen LogP contribution is -2.31. The van der Waals surface area contributed by atoms with Crippen molar-refractivity contribution in [2.45, 2.75) is 20.5 Å². The molecule has 0 atom stereocenters. The molecule has 2 aromatic carbocycles. The number of aryl methyl sites for hydroxylation is 1. The lowest BCUT2D eigenvalue weighted by molar-refractivity contribution is 0.305. The molecule has 0 bridgehead atoms. The van der Waals surface area contributed by atoms with Crippen LogP contribution in [0, 0.1) is 6.92 Å². The van der Waals surface area contributed by atoms with Crippen LogP contribution in [-0.2, 0) is 6.61 Å². The van der Waals surface area contributed by atoms with Crippen molar-refractivity contribution in [3.05, 3.63) is 65.2 Å². The average Bonchev–Trinajstić information content (AvgIpc) is 2.56. The summed E-state index contributed by atoms with van der Waals surface area (Å²) in [6, 6.07) is 16.0. The maximum absolute atomic E-state index is 5.81. The number of ether oxygens (including phenoxy) is 1. The van der Waals surface area contributed by atoms with Gasteiger partial charge in [0, 0.05) is 6.54 Å². The molecule has 0 spiro atoms. The van der Waals surface area contributed by atoms with E-state index >= 15 is 0 Å². The number of hydrazone groups is 1. The lowest BCUT2D eigenvalue weighted by atomic mass is 10.1. The summed E-state index contributed by atoms with van der Waals surface area (Å²) in [7, 11) is 0. The van der Waals surface area contributed by atoms with Gasteiger partial charge in [0.15, 0.2) is 5.11 Å². The van der Waals surface area contributed by atoms with Gasteiger partial charge in [-0.15, -0.1) is 0 Å². The summed E-state index contributed by atoms with van der Waals surface area (Å²) < 4.78 is 5.81. The second-order valence-electron chi connectivity index (χ2n) is 5.01. The van der Waals surface area contributed by atoms with Gasteiger partial charge in [0.1, 0.15) is 12.4 Å². The molecule has 0 radical (unpaired) electrons. The van der Waals surface area contributed by atoms with Crippen LogP contribution in [0.1, 0.15) is 23.6 Å². The maximum atomic E-state index is 5.81. The molecule has 0 aliphatic rings. The number of nitrogens with one attached hydrogen (secondary N) is 2. The Labute approximate surface area is 142 Å².